The second kappa shape index (κ2) is 9.73. The molecule has 29 heavy (non-hydrogen) atoms. The molecule has 1 saturated heterocycles. The standard InChI is InChI=1S/C22H25N3O4/c1-2-29-22(28)24-19-12-6-8-16(14-19)21(27)25-13-7-9-17(15-25)20(26)23-18-10-4-3-5-11-18/h3-6,8,10-12,14,17H,2,7,9,13,15H2,1H3,(H,23,26)(H,24,28). The van der Waals surface area contributed by atoms with Crippen LogP contribution in [0.2, 0.25) is 0 Å². The fourth-order valence-electron chi connectivity index (χ4n) is 3.34. The maximum Gasteiger partial charge on any atom is 0.411 e. The van der Waals surface area contributed by atoms with Crippen molar-refractivity contribution in [3.8, 4) is 0 Å². The van der Waals surface area contributed by atoms with E-state index in [1.165, 1.54) is 0 Å². The Morgan fingerprint density at radius 2 is 1.79 bits per heavy atom. The molecule has 0 spiro atoms. The Hall–Kier alpha value is -3.35. The summed E-state index contributed by atoms with van der Waals surface area (Å²) in [5, 5.41) is 5.51. The Morgan fingerprint density at radius 3 is 2.55 bits per heavy atom. The molecule has 1 atom stereocenters. The molecule has 0 aromatic heterocycles. The van der Waals surface area contributed by atoms with E-state index in [9.17, 15) is 14.4 Å². The van der Waals surface area contributed by atoms with Gasteiger partial charge in [-0.2, -0.15) is 0 Å². The van der Waals surface area contributed by atoms with Crippen molar-refractivity contribution in [3.63, 3.8) is 0 Å². The number of hydrogen-bond acceptors (Lipinski definition) is 4. The topological polar surface area (TPSA) is 87.7 Å². The molecule has 0 radical (unpaired) electrons. The van der Waals surface area contributed by atoms with Crippen LogP contribution in [0.15, 0.2) is 54.6 Å². The van der Waals surface area contributed by atoms with Crippen molar-refractivity contribution in [2.75, 3.05) is 30.3 Å². The Balaban J connectivity index is 1.63. The molecule has 3 rings (SSSR count). The van der Waals surface area contributed by atoms with Gasteiger partial charge >= 0.3 is 6.09 Å². The summed E-state index contributed by atoms with van der Waals surface area (Å²) in [6.07, 6.45) is 0.944. The van der Waals surface area contributed by atoms with Crippen LogP contribution in [-0.2, 0) is 9.53 Å². The van der Waals surface area contributed by atoms with E-state index >= 15 is 0 Å². The third-order valence-electron chi connectivity index (χ3n) is 4.75. The molecule has 2 aromatic rings. The third-order valence-corrected chi connectivity index (χ3v) is 4.75. The maximum atomic E-state index is 12.9. The van der Waals surface area contributed by atoms with Gasteiger partial charge in [0.25, 0.3) is 5.91 Å². The number of benzene rings is 2. The van der Waals surface area contributed by atoms with E-state index in [0.717, 1.165) is 18.5 Å². The number of amides is 3. The van der Waals surface area contributed by atoms with Crippen molar-refractivity contribution in [1.82, 2.24) is 4.90 Å². The minimum absolute atomic E-state index is 0.0774. The summed E-state index contributed by atoms with van der Waals surface area (Å²) in [4.78, 5) is 38.8. The van der Waals surface area contributed by atoms with Crippen molar-refractivity contribution >= 4 is 29.3 Å². The largest absolute Gasteiger partial charge is 0.450 e. The maximum absolute atomic E-state index is 12.9. The second-order valence-electron chi connectivity index (χ2n) is 6.87. The number of ether oxygens (including phenoxy) is 1. The Kier molecular flexibility index (Phi) is 6.84. The fourth-order valence-corrected chi connectivity index (χ4v) is 3.34. The van der Waals surface area contributed by atoms with Gasteiger partial charge in [-0.1, -0.05) is 24.3 Å². The van der Waals surface area contributed by atoms with Crippen LogP contribution in [0.1, 0.15) is 30.1 Å². The highest BCUT2D eigenvalue weighted by Crippen LogP contribution is 2.21. The van der Waals surface area contributed by atoms with Crippen LogP contribution in [0.4, 0.5) is 16.2 Å². The number of nitrogens with zero attached hydrogens (tertiary/aromatic N) is 1. The molecule has 1 aliphatic rings. The summed E-state index contributed by atoms with van der Waals surface area (Å²) < 4.78 is 4.86. The SMILES string of the molecule is CCOC(=O)Nc1cccc(C(=O)N2CCCC(C(=O)Nc3ccccc3)C2)c1. The molecular formula is C22H25N3O4. The highest BCUT2D eigenvalue weighted by molar-refractivity contribution is 5.97. The molecule has 2 N–H and O–H groups in total. The zero-order valence-corrected chi connectivity index (χ0v) is 16.4. The average molecular weight is 395 g/mol. The number of carbonyl (C=O) groups excluding carboxylic acids is 3. The summed E-state index contributed by atoms with van der Waals surface area (Å²) in [6.45, 7) is 2.96. The van der Waals surface area contributed by atoms with E-state index in [4.69, 9.17) is 4.74 Å². The zero-order valence-electron chi connectivity index (χ0n) is 16.4. The summed E-state index contributed by atoms with van der Waals surface area (Å²) in [5.41, 5.74) is 1.70. The molecule has 152 valence electrons. The number of para-hydroxylation sites is 1. The first-order valence-electron chi connectivity index (χ1n) is 9.76. The van der Waals surface area contributed by atoms with Crippen LogP contribution in [0, 0.1) is 5.92 Å². The highest BCUT2D eigenvalue weighted by Gasteiger charge is 2.29. The van der Waals surface area contributed by atoms with Crippen molar-refractivity contribution in [1.29, 1.82) is 0 Å². The molecule has 0 bridgehead atoms. The molecular weight excluding hydrogens is 370 g/mol. The van der Waals surface area contributed by atoms with Crippen molar-refractivity contribution in [2.45, 2.75) is 19.8 Å². The van der Waals surface area contributed by atoms with E-state index in [1.807, 2.05) is 30.3 Å². The third kappa shape index (κ3) is 5.57. The first kappa shape index (κ1) is 20.4. The predicted molar refractivity (Wildman–Crippen MR) is 111 cm³/mol. The van der Waals surface area contributed by atoms with Crippen molar-refractivity contribution in [3.05, 3.63) is 60.2 Å². The molecule has 0 aliphatic carbocycles. The van der Waals surface area contributed by atoms with E-state index < -0.39 is 6.09 Å². The molecule has 7 heteroatoms. The van der Waals surface area contributed by atoms with Gasteiger partial charge < -0.3 is 15.0 Å². The van der Waals surface area contributed by atoms with Gasteiger partial charge in [0.15, 0.2) is 0 Å². The number of nitrogens with one attached hydrogen (secondary N) is 2. The Morgan fingerprint density at radius 1 is 1.03 bits per heavy atom. The molecule has 1 aliphatic heterocycles. The monoisotopic (exact) mass is 395 g/mol. The molecule has 2 aromatic carbocycles. The lowest BCUT2D eigenvalue weighted by molar-refractivity contribution is -0.121. The summed E-state index contributed by atoms with van der Waals surface area (Å²) in [5.74, 6) is -0.491. The van der Waals surface area contributed by atoms with Crippen LogP contribution < -0.4 is 10.6 Å². The summed E-state index contributed by atoms with van der Waals surface area (Å²) in [7, 11) is 0. The van der Waals surface area contributed by atoms with Crippen LogP contribution in [-0.4, -0.2) is 42.5 Å². The lowest BCUT2D eigenvalue weighted by atomic mass is 9.96. The highest BCUT2D eigenvalue weighted by atomic mass is 16.5. The van der Waals surface area contributed by atoms with Crippen LogP contribution in [0.25, 0.3) is 0 Å². The molecule has 7 nitrogen and oxygen atoms in total. The summed E-state index contributed by atoms with van der Waals surface area (Å²) >= 11 is 0. The first-order valence-corrected chi connectivity index (χ1v) is 9.76. The van der Waals surface area contributed by atoms with Gasteiger partial charge in [-0.05, 0) is 50.1 Å². The normalized spacial score (nSPS) is 16.0. The quantitative estimate of drug-likeness (QED) is 0.807. The van der Waals surface area contributed by atoms with E-state index in [2.05, 4.69) is 10.6 Å². The molecule has 1 unspecified atom stereocenters. The lowest BCUT2D eigenvalue weighted by Gasteiger charge is -2.32. The number of rotatable bonds is 5. The number of piperidine rings is 1. The Bertz CT molecular complexity index is 869. The van der Waals surface area contributed by atoms with Crippen molar-refractivity contribution in [2.24, 2.45) is 5.92 Å². The van der Waals surface area contributed by atoms with Gasteiger partial charge in [0.1, 0.15) is 0 Å². The predicted octanol–water partition coefficient (Wildman–Crippen LogP) is 3.75. The number of carbonyl (C=O) groups is 3. The lowest BCUT2D eigenvalue weighted by Crippen LogP contribution is -2.43. The van der Waals surface area contributed by atoms with Crippen molar-refractivity contribution < 1.29 is 19.1 Å². The minimum atomic E-state index is -0.562. The van der Waals surface area contributed by atoms with Gasteiger partial charge in [-0.25, -0.2) is 4.79 Å². The Labute approximate surface area is 170 Å². The van der Waals surface area contributed by atoms with Gasteiger partial charge in [-0.15, -0.1) is 0 Å². The number of likely N-dealkylation sites (tertiary alicyclic amines) is 1. The van der Waals surface area contributed by atoms with Gasteiger partial charge in [0, 0.05) is 30.0 Å². The zero-order chi connectivity index (χ0) is 20.6. The summed E-state index contributed by atoms with van der Waals surface area (Å²) in [6, 6.07) is 16.0. The van der Waals surface area contributed by atoms with Gasteiger partial charge in [-0.3, -0.25) is 14.9 Å². The molecule has 1 fully saturated rings. The minimum Gasteiger partial charge on any atom is -0.450 e. The van der Waals surface area contributed by atoms with E-state index in [-0.39, 0.29) is 24.3 Å². The molecule has 3 amide bonds. The molecule has 1 heterocycles. The van der Waals surface area contributed by atoms with Gasteiger partial charge in [0.2, 0.25) is 5.91 Å². The van der Waals surface area contributed by atoms with Crippen LogP contribution in [0.5, 0.6) is 0 Å². The van der Waals surface area contributed by atoms with Crippen LogP contribution in [0.3, 0.4) is 0 Å². The number of anilines is 2. The average Bonchev–Trinajstić information content (AvgIpc) is 2.74. The first-order chi connectivity index (χ1) is 14.1. The van der Waals surface area contributed by atoms with E-state index in [0.29, 0.717) is 24.3 Å². The van der Waals surface area contributed by atoms with E-state index in [1.54, 1.807) is 36.1 Å². The smallest absolute Gasteiger partial charge is 0.411 e. The van der Waals surface area contributed by atoms with Gasteiger partial charge in [0.05, 0.1) is 12.5 Å². The molecule has 0 saturated carbocycles. The van der Waals surface area contributed by atoms with Crippen LogP contribution >= 0.6 is 0 Å². The fraction of sp³-hybridized carbons (Fsp3) is 0.318. The second-order valence-corrected chi connectivity index (χ2v) is 6.87. The number of hydrogen-bond donors (Lipinski definition) is 2.